The Balaban J connectivity index is 1.78. The molecule has 0 spiro atoms. The van der Waals surface area contributed by atoms with Gasteiger partial charge in [-0.15, -0.1) is 0 Å². The second-order valence-electron chi connectivity index (χ2n) is 7.29. The van der Waals surface area contributed by atoms with Crippen LogP contribution < -0.4 is 0 Å². The molecule has 0 aliphatic rings. The molecule has 0 amide bonds. The first-order chi connectivity index (χ1) is 14.0. The van der Waals surface area contributed by atoms with Crippen molar-refractivity contribution in [3.8, 4) is 0 Å². The summed E-state index contributed by atoms with van der Waals surface area (Å²) in [6, 6.07) is 0. The standard InChI is InChI=1S/C21H30Cl2N4O2/c1-2-3-4-5-6-7-8-9-10-11-12-13-14-16(20(28)29)27-15-24-17-18(22)25-21(23)26-19(17)27/h14-15H,2-13H2,1H3,(H,28,29). The molecule has 0 atom stereocenters. The first-order valence-electron chi connectivity index (χ1n) is 10.5. The normalized spacial score (nSPS) is 12.0. The number of aromatic nitrogens is 4. The Kier molecular flexibility index (Phi) is 10.4. The van der Waals surface area contributed by atoms with Gasteiger partial charge < -0.3 is 5.11 Å². The van der Waals surface area contributed by atoms with Gasteiger partial charge in [0, 0.05) is 0 Å². The van der Waals surface area contributed by atoms with Gasteiger partial charge in [-0.2, -0.15) is 4.98 Å². The number of carbonyl (C=O) groups is 1. The average molecular weight is 441 g/mol. The molecule has 0 bridgehead atoms. The van der Waals surface area contributed by atoms with Crippen LogP contribution in [0.15, 0.2) is 12.4 Å². The number of rotatable bonds is 14. The van der Waals surface area contributed by atoms with Crippen molar-refractivity contribution >= 4 is 46.0 Å². The quantitative estimate of drug-likeness (QED) is 0.152. The molecule has 0 aromatic carbocycles. The minimum absolute atomic E-state index is 0.0423. The number of imidazole rings is 1. The topological polar surface area (TPSA) is 80.9 Å². The maximum absolute atomic E-state index is 11.7. The van der Waals surface area contributed by atoms with E-state index in [1.54, 1.807) is 6.08 Å². The number of hydrogen-bond acceptors (Lipinski definition) is 4. The lowest BCUT2D eigenvalue weighted by Gasteiger charge is -2.05. The Labute approximate surface area is 182 Å². The number of carboxylic acid groups (broad SMARTS) is 1. The molecule has 2 rings (SSSR count). The van der Waals surface area contributed by atoms with E-state index in [0.717, 1.165) is 12.8 Å². The predicted octanol–water partition coefficient (Wildman–Crippen LogP) is 6.76. The molecule has 2 aromatic heterocycles. The Morgan fingerprint density at radius 3 is 2.17 bits per heavy atom. The van der Waals surface area contributed by atoms with E-state index >= 15 is 0 Å². The molecule has 2 aromatic rings. The van der Waals surface area contributed by atoms with Crippen LogP contribution in [0.3, 0.4) is 0 Å². The highest BCUT2D eigenvalue weighted by Gasteiger charge is 2.17. The molecule has 29 heavy (non-hydrogen) atoms. The summed E-state index contributed by atoms with van der Waals surface area (Å²) in [5, 5.41) is 9.66. The molecular weight excluding hydrogens is 411 g/mol. The smallest absolute Gasteiger partial charge is 0.352 e. The molecule has 0 aliphatic heterocycles. The largest absolute Gasteiger partial charge is 0.477 e. The van der Waals surface area contributed by atoms with Crippen molar-refractivity contribution < 1.29 is 9.90 Å². The van der Waals surface area contributed by atoms with Gasteiger partial charge in [0.1, 0.15) is 17.5 Å². The first-order valence-corrected chi connectivity index (χ1v) is 11.3. The van der Waals surface area contributed by atoms with Crippen molar-refractivity contribution in [2.24, 2.45) is 0 Å². The van der Waals surface area contributed by atoms with Crippen LogP contribution in [0, 0.1) is 0 Å². The van der Waals surface area contributed by atoms with E-state index in [1.807, 2.05) is 0 Å². The summed E-state index contributed by atoms with van der Waals surface area (Å²) < 4.78 is 1.40. The van der Waals surface area contributed by atoms with Crippen LogP contribution in [0.4, 0.5) is 0 Å². The predicted molar refractivity (Wildman–Crippen MR) is 118 cm³/mol. The molecule has 8 heteroatoms. The summed E-state index contributed by atoms with van der Waals surface area (Å²) in [7, 11) is 0. The minimum Gasteiger partial charge on any atom is -0.477 e. The van der Waals surface area contributed by atoms with E-state index in [2.05, 4.69) is 21.9 Å². The third kappa shape index (κ3) is 7.59. The number of nitrogens with zero attached hydrogens (tertiary/aromatic N) is 4. The zero-order chi connectivity index (χ0) is 21.1. The van der Waals surface area contributed by atoms with Gasteiger partial charge in [0.25, 0.3) is 0 Å². The fourth-order valence-electron chi connectivity index (χ4n) is 3.35. The Morgan fingerprint density at radius 1 is 1.00 bits per heavy atom. The fourth-order valence-corrected chi connectivity index (χ4v) is 3.77. The third-order valence-corrected chi connectivity index (χ3v) is 5.38. The summed E-state index contributed by atoms with van der Waals surface area (Å²) in [6.45, 7) is 2.24. The van der Waals surface area contributed by atoms with E-state index in [9.17, 15) is 9.90 Å². The Hall–Kier alpha value is -1.66. The average Bonchev–Trinajstić information content (AvgIpc) is 3.09. The minimum atomic E-state index is -1.04. The van der Waals surface area contributed by atoms with E-state index < -0.39 is 5.97 Å². The van der Waals surface area contributed by atoms with Gasteiger partial charge in [0.05, 0.1) is 0 Å². The van der Waals surface area contributed by atoms with Crippen molar-refractivity contribution in [1.29, 1.82) is 0 Å². The summed E-state index contributed by atoms with van der Waals surface area (Å²) in [6.07, 6.45) is 17.6. The van der Waals surface area contributed by atoms with Crippen molar-refractivity contribution in [3.63, 3.8) is 0 Å². The zero-order valence-electron chi connectivity index (χ0n) is 17.0. The molecule has 0 radical (unpaired) electrons. The van der Waals surface area contributed by atoms with Crippen molar-refractivity contribution in [1.82, 2.24) is 19.5 Å². The number of hydrogen-bond donors (Lipinski definition) is 1. The zero-order valence-corrected chi connectivity index (χ0v) is 18.6. The SMILES string of the molecule is CCCCCCCCCCCCCC=C(C(=O)O)n1cnc2c(Cl)nc(Cl)nc21. The van der Waals surface area contributed by atoms with Crippen LogP contribution >= 0.6 is 23.2 Å². The number of carboxylic acids is 1. The maximum atomic E-state index is 11.7. The van der Waals surface area contributed by atoms with Crippen LogP contribution in [0.25, 0.3) is 16.9 Å². The lowest BCUT2D eigenvalue weighted by Crippen LogP contribution is -2.08. The third-order valence-electron chi connectivity index (χ3n) is 4.95. The van der Waals surface area contributed by atoms with E-state index in [4.69, 9.17) is 23.2 Å². The summed E-state index contributed by atoms with van der Waals surface area (Å²) in [5.74, 6) is -1.04. The number of allylic oxidation sites excluding steroid dienone is 1. The molecule has 2 heterocycles. The van der Waals surface area contributed by atoms with Crippen LogP contribution in [0.2, 0.25) is 10.4 Å². The molecule has 1 N–H and O–H groups in total. The van der Waals surface area contributed by atoms with Gasteiger partial charge in [-0.05, 0) is 24.4 Å². The molecule has 160 valence electrons. The van der Waals surface area contributed by atoms with Gasteiger partial charge in [-0.25, -0.2) is 14.8 Å². The van der Waals surface area contributed by atoms with Crippen LogP contribution in [0.5, 0.6) is 0 Å². The lowest BCUT2D eigenvalue weighted by molar-refractivity contribution is -0.130. The highest BCUT2D eigenvalue weighted by Crippen LogP contribution is 2.23. The van der Waals surface area contributed by atoms with Crippen molar-refractivity contribution in [2.45, 2.75) is 84.0 Å². The second kappa shape index (κ2) is 12.8. The highest BCUT2D eigenvalue weighted by molar-refractivity contribution is 6.35. The molecule has 0 unspecified atom stereocenters. The number of unbranched alkanes of at least 4 members (excludes halogenated alkanes) is 11. The number of aliphatic carboxylic acids is 1. The molecular formula is C21H30Cl2N4O2. The molecule has 0 saturated heterocycles. The lowest BCUT2D eigenvalue weighted by atomic mass is 10.1. The molecule has 6 nitrogen and oxygen atoms in total. The number of halogens is 2. The van der Waals surface area contributed by atoms with E-state index in [1.165, 1.54) is 68.7 Å². The monoisotopic (exact) mass is 440 g/mol. The van der Waals surface area contributed by atoms with Crippen LogP contribution in [-0.4, -0.2) is 30.6 Å². The fraction of sp³-hybridized carbons (Fsp3) is 0.619. The summed E-state index contributed by atoms with van der Waals surface area (Å²) in [5.41, 5.74) is 0.728. The maximum Gasteiger partial charge on any atom is 0.352 e. The van der Waals surface area contributed by atoms with Crippen LogP contribution in [0.1, 0.15) is 84.0 Å². The highest BCUT2D eigenvalue weighted by atomic mass is 35.5. The molecule has 0 aliphatic carbocycles. The molecule has 0 saturated carbocycles. The number of fused-ring (bicyclic) bond motifs is 1. The summed E-state index contributed by atoms with van der Waals surface area (Å²) in [4.78, 5) is 23.7. The summed E-state index contributed by atoms with van der Waals surface area (Å²) >= 11 is 11.9. The van der Waals surface area contributed by atoms with Gasteiger partial charge >= 0.3 is 5.97 Å². The van der Waals surface area contributed by atoms with Crippen LogP contribution in [-0.2, 0) is 4.79 Å². The van der Waals surface area contributed by atoms with E-state index in [0.29, 0.717) is 17.6 Å². The molecule has 0 fully saturated rings. The van der Waals surface area contributed by atoms with Crippen molar-refractivity contribution in [2.75, 3.05) is 0 Å². The van der Waals surface area contributed by atoms with E-state index in [-0.39, 0.29) is 16.1 Å². The van der Waals surface area contributed by atoms with Crippen molar-refractivity contribution in [3.05, 3.63) is 22.8 Å². The Bertz CT molecular complexity index is 820. The second-order valence-corrected chi connectivity index (χ2v) is 7.99. The first kappa shape index (κ1) is 23.6. The van der Waals surface area contributed by atoms with Gasteiger partial charge in [0.2, 0.25) is 5.28 Å². The van der Waals surface area contributed by atoms with Gasteiger partial charge in [0.15, 0.2) is 10.8 Å². The van der Waals surface area contributed by atoms with Gasteiger partial charge in [-0.3, -0.25) is 4.57 Å². The van der Waals surface area contributed by atoms with Gasteiger partial charge in [-0.1, -0.05) is 88.8 Å². The Morgan fingerprint density at radius 2 is 1.59 bits per heavy atom.